The number of nitrogens with zero attached hydrogens (tertiary/aromatic N) is 2. The van der Waals surface area contributed by atoms with Gasteiger partial charge < -0.3 is 9.30 Å². The molecule has 0 saturated carbocycles. The van der Waals surface area contributed by atoms with Gasteiger partial charge in [0.2, 0.25) is 0 Å². The van der Waals surface area contributed by atoms with Gasteiger partial charge in [-0.15, -0.1) is 0 Å². The Bertz CT molecular complexity index is 1590. The fraction of sp³-hybridized carbons (Fsp3) is 0.167. The van der Waals surface area contributed by atoms with Gasteiger partial charge >= 0.3 is 6.03 Å². The maximum Gasteiger partial charge on any atom is 0.335 e. The summed E-state index contributed by atoms with van der Waals surface area (Å²) in [5.74, 6) is -0.617. The lowest BCUT2D eigenvalue weighted by Gasteiger charge is -2.26. The molecule has 1 saturated heterocycles. The topological polar surface area (TPSA) is 80.6 Å². The molecule has 1 fully saturated rings. The summed E-state index contributed by atoms with van der Waals surface area (Å²) in [5.41, 5.74) is 3.82. The number of barbiturate groups is 1. The molecular weight excluding hydrogens is 502 g/mol. The normalized spacial score (nSPS) is 14.9. The van der Waals surface area contributed by atoms with Gasteiger partial charge in [-0.3, -0.25) is 14.9 Å². The second kappa shape index (κ2) is 10.6. The zero-order chi connectivity index (χ0) is 26.8. The number of ether oxygens (including phenoxy) is 1. The molecule has 4 aromatic rings. The Kier molecular flexibility index (Phi) is 7.03. The molecule has 2 heterocycles. The zero-order valence-corrected chi connectivity index (χ0v) is 21.8. The van der Waals surface area contributed by atoms with E-state index in [4.69, 9.17) is 16.3 Å². The van der Waals surface area contributed by atoms with Crippen LogP contribution < -0.4 is 15.0 Å². The smallest absolute Gasteiger partial charge is 0.335 e. The van der Waals surface area contributed by atoms with Crippen LogP contribution >= 0.6 is 11.6 Å². The van der Waals surface area contributed by atoms with Crippen molar-refractivity contribution >= 4 is 52.1 Å². The number of imide groups is 2. The summed E-state index contributed by atoms with van der Waals surface area (Å²) in [5, 5.41) is 3.58. The molecule has 8 heteroatoms. The Balaban J connectivity index is 1.40. The SMILES string of the molecule is Cc1ccc(OCCCn2cc(/C=C3\C(=O)NC(=O)N(c4ccc(C)c(Cl)c4)C3=O)c3ccccc32)cc1. The van der Waals surface area contributed by atoms with Crippen molar-refractivity contribution in [3.8, 4) is 5.75 Å². The van der Waals surface area contributed by atoms with Crippen molar-refractivity contribution in [3.63, 3.8) is 0 Å². The van der Waals surface area contributed by atoms with Gasteiger partial charge in [0.25, 0.3) is 11.8 Å². The Morgan fingerprint density at radius 1 is 0.974 bits per heavy atom. The highest BCUT2D eigenvalue weighted by atomic mass is 35.5. The highest BCUT2D eigenvalue weighted by Crippen LogP contribution is 2.29. The highest BCUT2D eigenvalue weighted by Gasteiger charge is 2.37. The molecule has 0 atom stereocenters. The molecule has 38 heavy (non-hydrogen) atoms. The number of benzene rings is 3. The Hall–Kier alpha value is -4.36. The van der Waals surface area contributed by atoms with E-state index in [9.17, 15) is 14.4 Å². The van der Waals surface area contributed by atoms with Crippen molar-refractivity contribution in [2.45, 2.75) is 26.8 Å². The van der Waals surface area contributed by atoms with Gasteiger partial charge in [0.05, 0.1) is 12.3 Å². The monoisotopic (exact) mass is 527 g/mol. The van der Waals surface area contributed by atoms with E-state index in [0.29, 0.717) is 23.7 Å². The number of carbonyl (C=O) groups excluding carboxylic acids is 3. The molecule has 0 aliphatic carbocycles. The van der Waals surface area contributed by atoms with Gasteiger partial charge in [-0.05, 0) is 62.2 Å². The van der Waals surface area contributed by atoms with Crippen molar-refractivity contribution in [1.29, 1.82) is 0 Å². The van der Waals surface area contributed by atoms with E-state index in [2.05, 4.69) is 9.88 Å². The lowest BCUT2D eigenvalue weighted by Crippen LogP contribution is -2.54. The van der Waals surface area contributed by atoms with Crippen molar-refractivity contribution in [2.75, 3.05) is 11.5 Å². The molecule has 4 amide bonds. The number of fused-ring (bicyclic) bond motifs is 1. The Morgan fingerprint density at radius 2 is 1.74 bits per heavy atom. The van der Waals surface area contributed by atoms with Gasteiger partial charge in [0.1, 0.15) is 11.3 Å². The summed E-state index contributed by atoms with van der Waals surface area (Å²) < 4.78 is 7.94. The minimum Gasteiger partial charge on any atom is -0.494 e. The largest absolute Gasteiger partial charge is 0.494 e. The number of rotatable bonds is 7. The van der Waals surface area contributed by atoms with Crippen molar-refractivity contribution in [2.24, 2.45) is 0 Å². The average Bonchev–Trinajstić information content (AvgIpc) is 3.25. The first kappa shape index (κ1) is 25.3. The molecule has 1 aromatic heterocycles. The molecule has 3 aromatic carbocycles. The predicted molar refractivity (Wildman–Crippen MR) is 148 cm³/mol. The van der Waals surface area contributed by atoms with Crippen LogP contribution in [0.25, 0.3) is 17.0 Å². The van der Waals surface area contributed by atoms with Gasteiger partial charge in [-0.1, -0.05) is 53.6 Å². The average molecular weight is 528 g/mol. The summed E-state index contributed by atoms with van der Waals surface area (Å²) in [4.78, 5) is 39.6. The number of hydrogen-bond acceptors (Lipinski definition) is 4. The summed E-state index contributed by atoms with van der Waals surface area (Å²) >= 11 is 6.22. The number of aryl methyl sites for hydroxylation is 3. The first-order chi connectivity index (χ1) is 18.3. The molecule has 1 N–H and O–H groups in total. The zero-order valence-electron chi connectivity index (χ0n) is 21.0. The van der Waals surface area contributed by atoms with Crippen LogP contribution in [0.15, 0.2) is 78.5 Å². The van der Waals surface area contributed by atoms with Crippen LogP contribution in [0.1, 0.15) is 23.1 Å². The van der Waals surface area contributed by atoms with E-state index in [1.807, 2.05) is 68.6 Å². The molecule has 192 valence electrons. The number of amides is 4. The molecule has 0 unspecified atom stereocenters. The maximum atomic E-state index is 13.4. The van der Waals surface area contributed by atoms with Crippen LogP contribution in [0.5, 0.6) is 5.75 Å². The van der Waals surface area contributed by atoms with Gasteiger partial charge in [-0.2, -0.15) is 0 Å². The van der Waals surface area contributed by atoms with E-state index in [1.165, 1.54) is 17.7 Å². The molecule has 1 aliphatic rings. The van der Waals surface area contributed by atoms with Gasteiger partial charge in [-0.25, -0.2) is 9.69 Å². The maximum absolute atomic E-state index is 13.4. The minimum absolute atomic E-state index is 0.132. The molecular formula is C30H26ClN3O4. The van der Waals surface area contributed by atoms with Gasteiger partial charge in [0, 0.05) is 34.2 Å². The molecule has 7 nitrogen and oxygen atoms in total. The number of para-hydroxylation sites is 1. The number of halogens is 1. The molecule has 1 aliphatic heterocycles. The van der Waals surface area contributed by atoms with E-state index >= 15 is 0 Å². The second-order valence-electron chi connectivity index (χ2n) is 9.20. The molecule has 0 radical (unpaired) electrons. The van der Waals surface area contributed by atoms with Crippen LogP contribution in [0, 0.1) is 13.8 Å². The number of hydrogen-bond donors (Lipinski definition) is 1. The third-order valence-electron chi connectivity index (χ3n) is 6.47. The molecule has 0 spiro atoms. The first-order valence-electron chi connectivity index (χ1n) is 12.3. The standard InChI is InChI=1S/C30H26ClN3O4/c1-19-8-12-23(13-9-19)38-15-5-14-33-18-21(24-6-3-4-7-27(24)33)16-25-28(35)32-30(37)34(29(25)36)22-11-10-20(2)26(31)17-22/h3-4,6-13,16-18H,5,14-15H2,1-2H3,(H,32,35,37)/b25-16+. The molecule has 0 bridgehead atoms. The third kappa shape index (κ3) is 5.06. The van der Waals surface area contributed by atoms with E-state index in [1.54, 1.807) is 12.1 Å². The van der Waals surface area contributed by atoms with Crippen LogP contribution in [0.3, 0.4) is 0 Å². The lowest BCUT2D eigenvalue weighted by atomic mass is 10.1. The minimum atomic E-state index is -0.812. The van der Waals surface area contributed by atoms with Crippen molar-refractivity contribution in [3.05, 3.63) is 100 Å². The van der Waals surface area contributed by atoms with E-state index < -0.39 is 17.8 Å². The number of aromatic nitrogens is 1. The third-order valence-corrected chi connectivity index (χ3v) is 6.87. The second-order valence-corrected chi connectivity index (χ2v) is 9.61. The Labute approximate surface area is 225 Å². The number of anilines is 1. The van der Waals surface area contributed by atoms with Gasteiger partial charge in [0.15, 0.2) is 0 Å². The predicted octanol–water partition coefficient (Wildman–Crippen LogP) is 6.05. The fourth-order valence-electron chi connectivity index (χ4n) is 4.40. The highest BCUT2D eigenvalue weighted by molar-refractivity contribution is 6.39. The lowest BCUT2D eigenvalue weighted by molar-refractivity contribution is -0.122. The number of urea groups is 1. The quantitative estimate of drug-likeness (QED) is 0.180. The van der Waals surface area contributed by atoms with Crippen molar-refractivity contribution in [1.82, 2.24) is 9.88 Å². The molecule has 5 rings (SSSR count). The van der Waals surface area contributed by atoms with Crippen LogP contribution in [-0.2, 0) is 16.1 Å². The van der Waals surface area contributed by atoms with Crippen molar-refractivity contribution < 1.29 is 19.1 Å². The first-order valence-corrected chi connectivity index (χ1v) is 12.6. The van der Waals surface area contributed by atoms with E-state index in [0.717, 1.165) is 33.5 Å². The Morgan fingerprint density at radius 3 is 2.50 bits per heavy atom. The number of nitrogens with one attached hydrogen (secondary N) is 1. The van der Waals surface area contributed by atoms with Crippen LogP contribution in [0.4, 0.5) is 10.5 Å². The summed E-state index contributed by atoms with van der Waals surface area (Å²) in [6.45, 7) is 5.08. The van der Waals surface area contributed by atoms with E-state index in [-0.39, 0.29) is 11.3 Å². The summed E-state index contributed by atoms with van der Waals surface area (Å²) in [7, 11) is 0. The number of carbonyl (C=O) groups is 3. The fourth-order valence-corrected chi connectivity index (χ4v) is 4.58. The summed E-state index contributed by atoms with van der Waals surface area (Å²) in [6.07, 6.45) is 4.21. The summed E-state index contributed by atoms with van der Waals surface area (Å²) in [6, 6.07) is 19.8. The van der Waals surface area contributed by atoms with Crippen LogP contribution in [0.2, 0.25) is 5.02 Å². The van der Waals surface area contributed by atoms with Crippen LogP contribution in [-0.4, -0.2) is 29.0 Å².